The number of azo groups is 2. The van der Waals surface area contributed by atoms with Gasteiger partial charge in [-0.05, 0) is 27.7 Å². The van der Waals surface area contributed by atoms with E-state index in [0.717, 1.165) is 12.8 Å². The minimum atomic E-state index is 0.0192. The average Bonchev–Trinajstić information content (AvgIpc) is 2.71. The van der Waals surface area contributed by atoms with E-state index in [1.54, 1.807) is 0 Å². The highest BCUT2D eigenvalue weighted by atomic mass is 15.4. The van der Waals surface area contributed by atoms with Crippen LogP contribution in [-0.2, 0) is 0 Å². The van der Waals surface area contributed by atoms with Gasteiger partial charge in [-0.2, -0.15) is 20.5 Å². The molecule has 4 unspecified atom stereocenters. The van der Waals surface area contributed by atoms with E-state index in [-0.39, 0.29) is 22.2 Å². The van der Waals surface area contributed by atoms with Crippen molar-refractivity contribution in [3.8, 4) is 0 Å². The minimum absolute atomic E-state index is 0.0192. The van der Waals surface area contributed by atoms with Gasteiger partial charge in [-0.3, -0.25) is 0 Å². The van der Waals surface area contributed by atoms with E-state index in [0.29, 0.717) is 11.8 Å². The van der Waals surface area contributed by atoms with Crippen LogP contribution in [0.1, 0.15) is 40.5 Å². The molecule has 86 valence electrons. The lowest BCUT2D eigenvalue weighted by molar-refractivity contribution is 0.251. The third-order valence-corrected chi connectivity index (χ3v) is 5.46. The zero-order valence-corrected chi connectivity index (χ0v) is 10.4. The SMILES string of the molecule is CC12CC3(C)N=NC4(C)CC(C)(N=N1)C2C34. The molecule has 0 saturated heterocycles. The monoisotopic (exact) mass is 218 g/mol. The molecule has 0 bridgehead atoms. The summed E-state index contributed by atoms with van der Waals surface area (Å²) in [5.41, 5.74) is 0.0769. The van der Waals surface area contributed by atoms with Crippen LogP contribution in [0, 0.1) is 11.8 Å². The lowest BCUT2D eigenvalue weighted by atomic mass is 9.76. The van der Waals surface area contributed by atoms with Gasteiger partial charge in [0, 0.05) is 24.7 Å². The maximum absolute atomic E-state index is 4.60. The first kappa shape index (κ1) is 9.25. The quantitative estimate of drug-likeness (QED) is 0.600. The second-order valence-electron chi connectivity index (χ2n) is 7.14. The maximum atomic E-state index is 4.60. The van der Waals surface area contributed by atoms with Crippen LogP contribution in [0.5, 0.6) is 0 Å². The maximum Gasteiger partial charge on any atom is 0.0868 e. The van der Waals surface area contributed by atoms with Crippen molar-refractivity contribution < 1.29 is 0 Å². The number of hydrogen-bond acceptors (Lipinski definition) is 4. The highest BCUT2D eigenvalue weighted by Crippen LogP contribution is 2.71. The Kier molecular flexibility index (Phi) is 1.15. The van der Waals surface area contributed by atoms with Gasteiger partial charge in [-0.15, -0.1) is 0 Å². The molecule has 16 heavy (non-hydrogen) atoms. The standard InChI is InChI=1S/C12H18N4/c1-9-5-10(2)8-7(9)11(3,14-13-9)6-12(8,4)16-15-10/h7-8H,5-6H2,1-4H3. The summed E-state index contributed by atoms with van der Waals surface area (Å²) >= 11 is 0. The molecule has 4 atom stereocenters. The van der Waals surface area contributed by atoms with Crippen LogP contribution in [0.2, 0.25) is 0 Å². The molecule has 2 fully saturated rings. The van der Waals surface area contributed by atoms with Crippen LogP contribution in [0.3, 0.4) is 0 Å². The third kappa shape index (κ3) is 0.694. The van der Waals surface area contributed by atoms with Crippen molar-refractivity contribution in [1.82, 2.24) is 0 Å². The van der Waals surface area contributed by atoms with Gasteiger partial charge in [0.2, 0.25) is 0 Å². The van der Waals surface area contributed by atoms with Crippen LogP contribution in [0.4, 0.5) is 0 Å². The molecular formula is C12H18N4. The molecular weight excluding hydrogens is 200 g/mol. The van der Waals surface area contributed by atoms with Crippen LogP contribution >= 0.6 is 0 Å². The highest BCUT2D eigenvalue weighted by molar-refractivity contribution is 5.33. The molecule has 0 aromatic carbocycles. The van der Waals surface area contributed by atoms with Crippen molar-refractivity contribution in [3.05, 3.63) is 0 Å². The van der Waals surface area contributed by atoms with E-state index >= 15 is 0 Å². The molecule has 4 heteroatoms. The largest absolute Gasteiger partial charge is 0.187 e. The minimum Gasteiger partial charge on any atom is -0.187 e. The van der Waals surface area contributed by atoms with E-state index in [4.69, 9.17) is 0 Å². The molecule has 2 heterocycles. The van der Waals surface area contributed by atoms with Gasteiger partial charge in [0.1, 0.15) is 0 Å². The van der Waals surface area contributed by atoms with Crippen molar-refractivity contribution in [2.45, 2.75) is 62.7 Å². The highest BCUT2D eigenvalue weighted by Gasteiger charge is 2.77. The fraction of sp³-hybridized carbons (Fsp3) is 1.00. The van der Waals surface area contributed by atoms with E-state index in [1.807, 2.05) is 0 Å². The van der Waals surface area contributed by atoms with Gasteiger partial charge in [0.15, 0.2) is 0 Å². The predicted molar refractivity (Wildman–Crippen MR) is 59.5 cm³/mol. The first-order valence-electron chi connectivity index (χ1n) is 6.20. The van der Waals surface area contributed by atoms with Crippen LogP contribution < -0.4 is 0 Å². The molecule has 0 spiro atoms. The van der Waals surface area contributed by atoms with Gasteiger partial charge < -0.3 is 0 Å². The second-order valence-corrected chi connectivity index (χ2v) is 7.14. The summed E-state index contributed by atoms with van der Waals surface area (Å²) in [5, 5.41) is 18.4. The van der Waals surface area contributed by atoms with Gasteiger partial charge in [0.05, 0.1) is 22.2 Å². The van der Waals surface area contributed by atoms with Crippen molar-refractivity contribution in [2.24, 2.45) is 32.3 Å². The average molecular weight is 218 g/mol. The summed E-state index contributed by atoms with van der Waals surface area (Å²) < 4.78 is 0. The second kappa shape index (κ2) is 2.00. The zero-order valence-electron chi connectivity index (χ0n) is 10.4. The van der Waals surface area contributed by atoms with Crippen molar-refractivity contribution in [3.63, 3.8) is 0 Å². The van der Waals surface area contributed by atoms with Crippen molar-refractivity contribution >= 4 is 0 Å². The van der Waals surface area contributed by atoms with Gasteiger partial charge >= 0.3 is 0 Å². The Morgan fingerprint density at radius 1 is 0.625 bits per heavy atom. The fourth-order valence-corrected chi connectivity index (χ4v) is 5.51. The summed E-state index contributed by atoms with van der Waals surface area (Å²) in [7, 11) is 0. The first-order valence-corrected chi connectivity index (χ1v) is 6.20. The summed E-state index contributed by atoms with van der Waals surface area (Å²) in [6.07, 6.45) is 2.04. The topological polar surface area (TPSA) is 49.4 Å². The Morgan fingerprint density at radius 3 is 1.12 bits per heavy atom. The lowest BCUT2D eigenvalue weighted by Gasteiger charge is -2.27. The number of hydrogen-bond donors (Lipinski definition) is 0. The smallest absolute Gasteiger partial charge is 0.0868 e. The lowest BCUT2D eigenvalue weighted by Crippen LogP contribution is -2.37. The Hall–Kier alpha value is -0.800. The Labute approximate surface area is 95.6 Å². The van der Waals surface area contributed by atoms with E-state index < -0.39 is 0 Å². The molecule has 2 saturated carbocycles. The molecule has 4 nitrogen and oxygen atoms in total. The summed E-state index contributed by atoms with van der Waals surface area (Å²) in [4.78, 5) is 0. The van der Waals surface area contributed by atoms with Crippen LogP contribution in [0.15, 0.2) is 20.5 Å². The van der Waals surface area contributed by atoms with E-state index in [9.17, 15) is 0 Å². The van der Waals surface area contributed by atoms with Gasteiger partial charge in [-0.1, -0.05) is 0 Å². The molecule has 0 aromatic heterocycles. The van der Waals surface area contributed by atoms with E-state index in [1.165, 1.54) is 0 Å². The zero-order chi connectivity index (χ0) is 11.4. The molecule has 0 aromatic rings. The Bertz CT molecular complexity index is 380. The molecule has 0 radical (unpaired) electrons. The Morgan fingerprint density at radius 2 is 0.875 bits per heavy atom. The van der Waals surface area contributed by atoms with Gasteiger partial charge in [0.25, 0.3) is 0 Å². The van der Waals surface area contributed by atoms with Crippen LogP contribution in [-0.4, -0.2) is 22.2 Å². The summed E-state index contributed by atoms with van der Waals surface area (Å²) in [5.74, 6) is 1.09. The molecule has 2 aliphatic heterocycles. The molecule has 4 rings (SSSR count). The van der Waals surface area contributed by atoms with E-state index in [2.05, 4.69) is 48.2 Å². The van der Waals surface area contributed by atoms with Crippen molar-refractivity contribution in [1.29, 1.82) is 0 Å². The summed E-state index contributed by atoms with van der Waals surface area (Å²) in [6.45, 7) is 9.04. The summed E-state index contributed by atoms with van der Waals surface area (Å²) in [6, 6.07) is 0. The normalized spacial score (nSPS) is 69.2. The molecule has 0 amide bonds. The molecule has 0 N–H and O–H groups in total. The van der Waals surface area contributed by atoms with Gasteiger partial charge in [-0.25, -0.2) is 0 Å². The fourth-order valence-electron chi connectivity index (χ4n) is 5.51. The molecule has 2 aliphatic carbocycles. The molecule has 4 aliphatic rings. The number of nitrogens with zero attached hydrogens (tertiary/aromatic N) is 4. The number of rotatable bonds is 0. The third-order valence-electron chi connectivity index (χ3n) is 5.46. The Balaban J connectivity index is 1.99. The van der Waals surface area contributed by atoms with Crippen LogP contribution in [0.25, 0.3) is 0 Å². The van der Waals surface area contributed by atoms with Crippen molar-refractivity contribution in [2.75, 3.05) is 0 Å². The first-order chi connectivity index (χ1) is 7.32. The predicted octanol–water partition coefficient (Wildman–Crippen LogP) is 2.99.